The van der Waals surface area contributed by atoms with E-state index >= 15 is 0 Å². The number of carbonyl (C=O) groups is 2. The van der Waals surface area contributed by atoms with Gasteiger partial charge in [-0.15, -0.1) is 0 Å². The molecule has 5 heteroatoms. The predicted octanol–water partition coefficient (Wildman–Crippen LogP) is 5.93. The highest BCUT2D eigenvalue weighted by molar-refractivity contribution is 5.93. The van der Waals surface area contributed by atoms with Crippen molar-refractivity contribution in [1.29, 1.82) is 0 Å². The van der Waals surface area contributed by atoms with E-state index in [1.165, 1.54) is 25.7 Å². The highest BCUT2D eigenvalue weighted by Gasteiger charge is 2.30. The summed E-state index contributed by atoms with van der Waals surface area (Å²) in [6, 6.07) is 10.0. The third-order valence-electron chi connectivity index (χ3n) is 7.52. The van der Waals surface area contributed by atoms with Gasteiger partial charge in [0.25, 0.3) is 0 Å². The molecule has 0 unspecified atom stereocenters. The molecule has 1 aromatic carbocycles. The molecule has 3 aliphatic rings. The molecule has 32 heavy (non-hydrogen) atoms. The van der Waals surface area contributed by atoms with Crippen LogP contribution in [0.25, 0.3) is 11.3 Å². The molecule has 0 spiro atoms. The second-order valence-electron chi connectivity index (χ2n) is 9.81. The zero-order valence-electron chi connectivity index (χ0n) is 18.9. The van der Waals surface area contributed by atoms with Crippen molar-refractivity contribution < 1.29 is 14.0 Å². The Balaban J connectivity index is 1.27. The first-order valence-corrected chi connectivity index (χ1v) is 12.5. The standard InChI is InChI=1S/C27H34N2O3/c30-26(19-8-3-1-4-9-19)28-23-13-7-12-21(16-23)25-17-22-18-29(15-14-24(22)32-25)27(31)20-10-5-2-6-11-20/h7,12-13,16-17,19-20H,1-6,8-11,14-15,18H2,(H,28,30). The Bertz CT molecular complexity index is 967. The molecule has 0 atom stereocenters. The fourth-order valence-corrected chi connectivity index (χ4v) is 5.63. The Kier molecular flexibility index (Phi) is 6.33. The minimum absolute atomic E-state index is 0.135. The summed E-state index contributed by atoms with van der Waals surface area (Å²) in [6.45, 7) is 1.39. The van der Waals surface area contributed by atoms with Gasteiger partial charge < -0.3 is 14.6 Å². The zero-order chi connectivity index (χ0) is 21.9. The first-order chi connectivity index (χ1) is 15.7. The van der Waals surface area contributed by atoms with Crippen LogP contribution in [0.4, 0.5) is 5.69 Å². The number of carbonyl (C=O) groups excluding carboxylic acids is 2. The molecule has 2 saturated carbocycles. The van der Waals surface area contributed by atoms with Gasteiger partial charge in [0.05, 0.1) is 0 Å². The minimum atomic E-state index is 0.135. The fraction of sp³-hybridized carbons (Fsp3) is 0.556. The number of nitrogens with one attached hydrogen (secondary N) is 1. The number of furan rings is 1. The van der Waals surface area contributed by atoms with Crippen LogP contribution < -0.4 is 5.32 Å². The van der Waals surface area contributed by atoms with Crippen molar-refractivity contribution in [3.05, 3.63) is 41.7 Å². The summed E-state index contributed by atoms with van der Waals surface area (Å²) in [5.74, 6) is 2.61. The normalized spacial score (nSPS) is 20.1. The van der Waals surface area contributed by atoms with Crippen LogP contribution in [0.2, 0.25) is 0 Å². The third-order valence-corrected chi connectivity index (χ3v) is 7.52. The monoisotopic (exact) mass is 434 g/mol. The van der Waals surface area contributed by atoms with Gasteiger partial charge in [0.15, 0.2) is 0 Å². The molecule has 0 bridgehead atoms. The van der Waals surface area contributed by atoms with E-state index in [0.29, 0.717) is 12.5 Å². The minimum Gasteiger partial charge on any atom is -0.461 e. The maximum atomic E-state index is 13.0. The van der Waals surface area contributed by atoms with Crippen LogP contribution >= 0.6 is 0 Å². The van der Waals surface area contributed by atoms with E-state index in [1.807, 2.05) is 29.2 Å². The van der Waals surface area contributed by atoms with E-state index in [2.05, 4.69) is 11.4 Å². The first-order valence-electron chi connectivity index (χ1n) is 12.5. The number of amides is 2. The van der Waals surface area contributed by atoms with E-state index < -0.39 is 0 Å². The van der Waals surface area contributed by atoms with Crippen molar-refractivity contribution in [2.24, 2.45) is 11.8 Å². The van der Waals surface area contributed by atoms with Crippen LogP contribution in [0, 0.1) is 11.8 Å². The predicted molar refractivity (Wildman–Crippen MR) is 125 cm³/mol. The average molecular weight is 435 g/mol. The number of rotatable bonds is 4. The Hall–Kier alpha value is -2.56. The van der Waals surface area contributed by atoms with Gasteiger partial charge in [0.2, 0.25) is 11.8 Å². The number of hydrogen-bond acceptors (Lipinski definition) is 3. The van der Waals surface area contributed by atoms with Gasteiger partial charge in [-0.2, -0.15) is 0 Å². The van der Waals surface area contributed by atoms with Crippen molar-refractivity contribution >= 4 is 17.5 Å². The van der Waals surface area contributed by atoms with Crippen LogP contribution in [-0.4, -0.2) is 23.3 Å². The number of nitrogens with zero attached hydrogens (tertiary/aromatic N) is 1. The second kappa shape index (κ2) is 9.51. The van der Waals surface area contributed by atoms with Crippen LogP contribution in [0.5, 0.6) is 0 Å². The summed E-state index contributed by atoms with van der Waals surface area (Å²) >= 11 is 0. The molecule has 5 rings (SSSR count). The fourth-order valence-electron chi connectivity index (χ4n) is 5.63. The van der Waals surface area contributed by atoms with E-state index in [0.717, 1.165) is 79.8 Å². The van der Waals surface area contributed by atoms with Crippen molar-refractivity contribution in [2.45, 2.75) is 77.2 Å². The lowest BCUT2D eigenvalue weighted by atomic mass is 9.88. The molecule has 1 N–H and O–H groups in total. The molecule has 2 aromatic rings. The van der Waals surface area contributed by atoms with Gasteiger partial charge in [-0.25, -0.2) is 0 Å². The molecule has 2 amide bonds. The van der Waals surface area contributed by atoms with Crippen LogP contribution in [0.3, 0.4) is 0 Å². The largest absolute Gasteiger partial charge is 0.461 e. The molecule has 0 radical (unpaired) electrons. The lowest BCUT2D eigenvalue weighted by molar-refractivity contribution is -0.137. The van der Waals surface area contributed by atoms with E-state index in [4.69, 9.17) is 4.42 Å². The SMILES string of the molecule is O=C(Nc1cccc(-c2cc3c(o2)CCN(C(=O)C2CCCCC2)C3)c1)C1CCCCC1. The summed E-state index contributed by atoms with van der Waals surface area (Å²) in [5, 5.41) is 3.11. The highest BCUT2D eigenvalue weighted by Crippen LogP contribution is 2.33. The van der Waals surface area contributed by atoms with E-state index in [9.17, 15) is 9.59 Å². The van der Waals surface area contributed by atoms with Crippen molar-refractivity contribution in [2.75, 3.05) is 11.9 Å². The Morgan fingerprint density at radius 2 is 1.62 bits per heavy atom. The molecule has 0 saturated heterocycles. The number of fused-ring (bicyclic) bond motifs is 1. The van der Waals surface area contributed by atoms with E-state index in [1.54, 1.807) is 0 Å². The third kappa shape index (κ3) is 4.62. The van der Waals surface area contributed by atoms with Gasteiger partial charge in [0, 0.05) is 48.2 Å². The molecular formula is C27H34N2O3. The maximum absolute atomic E-state index is 13.0. The summed E-state index contributed by atoms with van der Waals surface area (Å²) in [7, 11) is 0. The zero-order valence-corrected chi connectivity index (χ0v) is 18.9. The lowest BCUT2D eigenvalue weighted by Crippen LogP contribution is -2.40. The second-order valence-corrected chi connectivity index (χ2v) is 9.81. The van der Waals surface area contributed by atoms with Gasteiger partial charge in [-0.05, 0) is 43.9 Å². The molecule has 2 aliphatic carbocycles. The summed E-state index contributed by atoms with van der Waals surface area (Å²) in [4.78, 5) is 27.6. The Labute approximate surface area is 190 Å². The summed E-state index contributed by atoms with van der Waals surface area (Å²) < 4.78 is 6.19. The molecule has 170 valence electrons. The maximum Gasteiger partial charge on any atom is 0.227 e. The molecule has 1 aliphatic heterocycles. The smallest absolute Gasteiger partial charge is 0.227 e. The van der Waals surface area contributed by atoms with Gasteiger partial charge in [-0.1, -0.05) is 50.7 Å². The summed E-state index contributed by atoms with van der Waals surface area (Å²) in [5.41, 5.74) is 2.90. The Morgan fingerprint density at radius 1 is 0.906 bits per heavy atom. The van der Waals surface area contributed by atoms with Gasteiger partial charge >= 0.3 is 0 Å². The molecule has 1 aromatic heterocycles. The lowest BCUT2D eigenvalue weighted by Gasteiger charge is -2.31. The van der Waals surface area contributed by atoms with Crippen molar-refractivity contribution in [3.63, 3.8) is 0 Å². The summed E-state index contributed by atoms with van der Waals surface area (Å²) in [6.07, 6.45) is 12.0. The highest BCUT2D eigenvalue weighted by atomic mass is 16.3. The number of hydrogen-bond donors (Lipinski definition) is 1. The van der Waals surface area contributed by atoms with E-state index in [-0.39, 0.29) is 17.7 Å². The van der Waals surface area contributed by atoms with Crippen LogP contribution in [-0.2, 0) is 22.6 Å². The van der Waals surface area contributed by atoms with Crippen molar-refractivity contribution in [3.8, 4) is 11.3 Å². The van der Waals surface area contributed by atoms with Crippen LogP contribution in [0.1, 0.15) is 75.5 Å². The first kappa shape index (κ1) is 21.3. The molecule has 5 nitrogen and oxygen atoms in total. The molecule has 2 heterocycles. The number of benzene rings is 1. The molecular weight excluding hydrogens is 400 g/mol. The van der Waals surface area contributed by atoms with Gasteiger partial charge in [0.1, 0.15) is 11.5 Å². The average Bonchev–Trinajstić information content (AvgIpc) is 3.28. The quantitative estimate of drug-likeness (QED) is 0.649. The van der Waals surface area contributed by atoms with Crippen LogP contribution in [0.15, 0.2) is 34.7 Å². The number of anilines is 1. The molecule has 2 fully saturated rings. The van der Waals surface area contributed by atoms with Gasteiger partial charge in [-0.3, -0.25) is 9.59 Å². The Morgan fingerprint density at radius 3 is 2.38 bits per heavy atom. The topological polar surface area (TPSA) is 62.6 Å². The van der Waals surface area contributed by atoms with Crippen molar-refractivity contribution in [1.82, 2.24) is 4.90 Å².